The van der Waals surface area contributed by atoms with Crippen LogP contribution in [0.5, 0.6) is 0 Å². The topological polar surface area (TPSA) is 33.5 Å². The van der Waals surface area contributed by atoms with Gasteiger partial charge in [0.1, 0.15) is 0 Å². The van der Waals surface area contributed by atoms with Gasteiger partial charge in [-0.25, -0.2) is 0 Å². The highest BCUT2D eigenvalue weighted by atomic mass is 16.2. The summed E-state index contributed by atoms with van der Waals surface area (Å²) < 4.78 is 0. The number of carbonyl (C=O) groups excluding carboxylic acids is 1. The van der Waals surface area contributed by atoms with E-state index in [0.29, 0.717) is 0 Å². The Morgan fingerprint density at radius 2 is 1.91 bits per heavy atom. The van der Waals surface area contributed by atoms with Crippen LogP contribution < -0.4 is 10.2 Å². The Kier molecular flexibility index (Phi) is 6.01. The third kappa shape index (κ3) is 4.10. The lowest BCUT2D eigenvalue weighted by molar-refractivity contribution is -0.921. The average Bonchev–Trinajstić information content (AvgIpc) is 2.48. The predicted octanol–water partition coefficient (Wildman–Crippen LogP) is 2.79. The molecule has 0 radical (unpaired) electrons. The molecule has 2 atom stereocenters. The molecule has 1 unspecified atom stereocenters. The van der Waals surface area contributed by atoms with Crippen molar-refractivity contribution >= 4 is 11.6 Å². The summed E-state index contributed by atoms with van der Waals surface area (Å²) in [6.07, 6.45) is 5.87. The fraction of sp³-hybridized carbons (Fsp3) is 0.632. The van der Waals surface area contributed by atoms with Crippen LogP contribution in [0.25, 0.3) is 0 Å². The second kappa shape index (κ2) is 7.77. The maximum atomic E-state index is 12.8. The van der Waals surface area contributed by atoms with Gasteiger partial charge >= 0.3 is 0 Å². The van der Waals surface area contributed by atoms with E-state index in [1.54, 1.807) is 0 Å². The second-order valence-electron chi connectivity index (χ2n) is 6.82. The Morgan fingerprint density at radius 1 is 1.23 bits per heavy atom. The summed E-state index contributed by atoms with van der Waals surface area (Å²) in [5.41, 5.74) is 4.59. The van der Waals surface area contributed by atoms with Crippen molar-refractivity contribution in [1.82, 2.24) is 0 Å². The Balaban J connectivity index is 2.10. The van der Waals surface area contributed by atoms with E-state index >= 15 is 0 Å². The molecular weight excluding hydrogens is 272 g/mol. The van der Waals surface area contributed by atoms with Crippen LogP contribution in [0.2, 0.25) is 0 Å². The third-order valence-electron chi connectivity index (χ3n) is 4.83. The molecule has 122 valence electrons. The minimum absolute atomic E-state index is 0.125. The van der Waals surface area contributed by atoms with E-state index in [9.17, 15) is 4.79 Å². The highest BCUT2D eigenvalue weighted by Gasteiger charge is 2.32. The van der Waals surface area contributed by atoms with Crippen LogP contribution >= 0.6 is 0 Å². The van der Waals surface area contributed by atoms with Crippen LogP contribution in [0.1, 0.15) is 55.7 Å². The molecule has 1 aromatic rings. The zero-order valence-electron chi connectivity index (χ0n) is 14.6. The monoisotopic (exact) mass is 303 g/mol. The van der Waals surface area contributed by atoms with Gasteiger partial charge in [-0.2, -0.15) is 0 Å². The normalized spacial score (nSPS) is 21.6. The highest BCUT2D eigenvalue weighted by Crippen LogP contribution is 2.22. The lowest BCUT2D eigenvalue weighted by Gasteiger charge is -2.32. The standard InChI is InChI=1S/C19H30N2O/c1-5-6-10-21-11-8-7-9-17(21)19(22)20-18-15(3)12-14(2)13-16(18)4/h12-13,17H,5-11H2,1-4H3,(H,20,22)/p+1/t17-/m1/s1. The first kappa shape index (κ1) is 17.0. The molecule has 0 saturated carbocycles. The van der Waals surface area contributed by atoms with E-state index < -0.39 is 0 Å². The Bertz CT molecular complexity index is 501. The number of anilines is 1. The lowest BCUT2D eigenvalue weighted by Crippen LogP contribution is -3.17. The fourth-order valence-electron chi connectivity index (χ4n) is 3.69. The van der Waals surface area contributed by atoms with Gasteiger partial charge in [-0.05, 0) is 51.2 Å². The van der Waals surface area contributed by atoms with Crippen LogP contribution in [0.3, 0.4) is 0 Å². The van der Waals surface area contributed by atoms with Gasteiger partial charge in [-0.1, -0.05) is 31.0 Å². The summed E-state index contributed by atoms with van der Waals surface area (Å²) in [4.78, 5) is 14.3. The summed E-state index contributed by atoms with van der Waals surface area (Å²) in [5.74, 6) is 0.209. The van der Waals surface area contributed by atoms with Gasteiger partial charge in [0.2, 0.25) is 0 Å². The number of aryl methyl sites for hydroxylation is 3. The first-order valence-corrected chi connectivity index (χ1v) is 8.76. The maximum absolute atomic E-state index is 12.8. The van der Waals surface area contributed by atoms with Crippen molar-refractivity contribution in [2.75, 3.05) is 18.4 Å². The molecule has 1 aliphatic heterocycles. The molecule has 0 bridgehead atoms. The van der Waals surface area contributed by atoms with E-state index in [1.165, 1.54) is 36.1 Å². The molecule has 3 nitrogen and oxygen atoms in total. The number of nitrogens with one attached hydrogen (secondary N) is 2. The molecule has 2 N–H and O–H groups in total. The lowest BCUT2D eigenvalue weighted by atomic mass is 9.99. The molecule has 1 aromatic carbocycles. The van der Waals surface area contributed by atoms with Gasteiger partial charge in [0, 0.05) is 12.1 Å². The molecule has 2 rings (SSSR count). The molecular formula is C19H31N2O+. The summed E-state index contributed by atoms with van der Waals surface area (Å²) in [6.45, 7) is 10.8. The number of hydrogen-bond donors (Lipinski definition) is 2. The minimum Gasteiger partial charge on any atom is -0.325 e. The Hall–Kier alpha value is -1.35. The van der Waals surface area contributed by atoms with Gasteiger partial charge in [0.05, 0.1) is 13.1 Å². The van der Waals surface area contributed by atoms with E-state index in [2.05, 4.69) is 45.1 Å². The van der Waals surface area contributed by atoms with Gasteiger partial charge in [0.25, 0.3) is 5.91 Å². The summed E-state index contributed by atoms with van der Waals surface area (Å²) in [5, 5.41) is 3.22. The molecule has 0 aliphatic carbocycles. The van der Waals surface area contributed by atoms with Crippen molar-refractivity contribution in [3.8, 4) is 0 Å². The van der Waals surface area contributed by atoms with Crippen molar-refractivity contribution in [1.29, 1.82) is 0 Å². The molecule has 1 amide bonds. The molecule has 1 saturated heterocycles. The summed E-state index contributed by atoms with van der Waals surface area (Å²) >= 11 is 0. The Morgan fingerprint density at radius 3 is 2.55 bits per heavy atom. The molecule has 3 heteroatoms. The van der Waals surface area contributed by atoms with E-state index in [4.69, 9.17) is 0 Å². The Labute approximate surface area is 135 Å². The third-order valence-corrected chi connectivity index (χ3v) is 4.83. The molecule has 22 heavy (non-hydrogen) atoms. The average molecular weight is 303 g/mol. The van der Waals surface area contributed by atoms with Gasteiger partial charge in [-0.3, -0.25) is 4.79 Å². The SMILES string of the molecule is CCCC[NH+]1CCCC[C@@H]1C(=O)Nc1c(C)cc(C)cc1C. The first-order valence-electron chi connectivity index (χ1n) is 8.76. The molecule has 1 fully saturated rings. The molecule has 1 aliphatic rings. The second-order valence-corrected chi connectivity index (χ2v) is 6.82. The molecule has 1 heterocycles. The molecule has 0 spiro atoms. The zero-order chi connectivity index (χ0) is 16.1. The molecule has 0 aromatic heterocycles. The number of benzene rings is 1. The van der Waals surface area contributed by atoms with Crippen LogP contribution in [0, 0.1) is 20.8 Å². The van der Waals surface area contributed by atoms with Crippen molar-refractivity contribution in [3.05, 3.63) is 28.8 Å². The number of rotatable bonds is 5. The number of unbranched alkanes of at least 4 members (excludes halogenated alkanes) is 1. The van der Waals surface area contributed by atoms with Crippen LogP contribution in [-0.2, 0) is 4.79 Å². The quantitative estimate of drug-likeness (QED) is 0.861. The maximum Gasteiger partial charge on any atom is 0.282 e. The smallest absolute Gasteiger partial charge is 0.282 e. The first-order chi connectivity index (χ1) is 10.5. The van der Waals surface area contributed by atoms with Crippen molar-refractivity contribution in [2.24, 2.45) is 0 Å². The number of quaternary nitrogens is 1. The number of hydrogen-bond acceptors (Lipinski definition) is 1. The van der Waals surface area contributed by atoms with Crippen LogP contribution in [0.15, 0.2) is 12.1 Å². The van der Waals surface area contributed by atoms with E-state index in [0.717, 1.165) is 36.3 Å². The van der Waals surface area contributed by atoms with Crippen LogP contribution in [0.4, 0.5) is 5.69 Å². The van der Waals surface area contributed by atoms with Crippen molar-refractivity contribution in [2.45, 2.75) is 65.8 Å². The van der Waals surface area contributed by atoms with E-state index in [1.807, 2.05) is 0 Å². The highest BCUT2D eigenvalue weighted by molar-refractivity contribution is 5.95. The van der Waals surface area contributed by atoms with Gasteiger partial charge in [-0.15, -0.1) is 0 Å². The fourth-order valence-corrected chi connectivity index (χ4v) is 3.69. The number of piperidine rings is 1. The number of carbonyl (C=O) groups is 1. The van der Waals surface area contributed by atoms with Crippen molar-refractivity contribution in [3.63, 3.8) is 0 Å². The number of amides is 1. The van der Waals surface area contributed by atoms with Crippen molar-refractivity contribution < 1.29 is 9.69 Å². The van der Waals surface area contributed by atoms with Crippen LogP contribution in [-0.4, -0.2) is 25.0 Å². The zero-order valence-corrected chi connectivity index (χ0v) is 14.6. The van der Waals surface area contributed by atoms with E-state index in [-0.39, 0.29) is 11.9 Å². The largest absolute Gasteiger partial charge is 0.325 e. The number of likely N-dealkylation sites (tertiary alicyclic amines) is 1. The summed E-state index contributed by atoms with van der Waals surface area (Å²) in [6, 6.07) is 4.41. The van der Waals surface area contributed by atoms with Gasteiger partial charge < -0.3 is 10.2 Å². The summed E-state index contributed by atoms with van der Waals surface area (Å²) in [7, 11) is 0. The van der Waals surface area contributed by atoms with Gasteiger partial charge in [0.15, 0.2) is 6.04 Å². The minimum atomic E-state index is 0.125. The predicted molar refractivity (Wildman–Crippen MR) is 92.5 cm³/mol.